The first-order valence-corrected chi connectivity index (χ1v) is 9.09. The highest BCUT2D eigenvalue weighted by Gasteiger charge is 2.34. The molecule has 2 aromatic rings. The first-order valence-electron chi connectivity index (χ1n) is 8.68. The average Bonchev–Trinajstić information content (AvgIpc) is 2.49. The number of hydrogen-bond donors (Lipinski definition) is 2. The van der Waals surface area contributed by atoms with Crippen LogP contribution in [-0.4, -0.2) is 10.7 Å². The monoisotopic (exact) mass is 354 g/mol. The Hall–Kier alpha value is -2.07. The van der Waals surface area contributed by atoms with Crippen LogP contribution in [0, 0.1) is 20.8 Å². The zero-order valence-electron chi connectivity index (χ0n) is 15.6. The average molecular weight is 355 g/mol. The van der Waals surface area contributed by atoms with E-state index in [1.165, 1.54) is 16.7 Å². The molecule has 0 fully saturated rings. The highest BCUT2D eigenvalue weighted by Crippen LogP contribution is 2.39. The summed E-state index contributed by atoms with van der Waals surface area (Å²) in [7, 11) is 0. The van der Waals surface area contributed by atoms with Gasteiger partial charge in [-0.05, 0) is 75.7 Å². The van der Waals surface area contributed by atoms with Crippen LogP contribution in [0.3, 0.4) is 0 Å². The molecule has 0 unspecified atom stereocenters. The number of hydrogen-bond acceptors (Lipinski definition) is 2. The van der Waals surface area contributed by atoms with Crippen molar-refractivity contribution in [2.45, 2.75) is 52.7 Å². The number of nitrogens with one attached hydrogen (secondary N) is 2. The van der Waals surface area contributed by atoms with Crippen molar-refractivity contribution in [1.29, 1.82) is 0 Å². The molecule has 0 aromatic heterocycles. The number of aryl methyl sites for hydroxylation is 3. The van der Waals surface area contributed by atoms with Crippen LogP contribution in [-0.2, 0) is 0 Å². The third-order valence-corrected chi connectivity index (χ3v) is 4.79. The van der Waals surface area contributed by atoms with Gasteiger partial charge in [0.15, 0.2) is 5.11 Å². The minimum absolute atomic E-state index is 0.129. The first kappa shape index (κ1) is 17.7. The summed E-state index contributed by atoms with van der Waals surface area (Å²) in [6.07, 6.45) is 0.859. The van der Waals surface area contributed by atoms with Gasteiger partial charge in [0.05, 0.1) is 6.04 Å². The van der Waals surface area contributed by atoms with E-state index in [9.17, 15) is 0 Å². The summed E-state index contributed by atoms with van der Waals surface area (Å²) in [5.74, 6) is 0.947. The normalized spacial score (nSPS) is 18.0. The van der Waals surface area contributed by atoms with Crippen molar-refractivity contribution in [3.63, 3.8) is 0 Å². The summed E-state index contributed by atoms with van der Waals surface area (Å²) >= 11 is 5.59. The van der Waals surface area contributed by atoms with Crippen molar-refractivity contribution in [3.8, 4) is 5.75 Å². The SMILES string of the molecule is Cc1ccc(C)c(NC(=S)N[C@H]2CC(C)(C)Oc3cc(C)ccc32)c1. The van der Waals surface area contributed by atoms with E-state index in [4.69, 9.17) is 17.0 Å². The van der Waals surface area contributed by atoms with Gasteiger partial charge in [-0.1, -0.05) is 24.3 Å². The second-order valence-electron chi connectivity index (χ2n) is 7.58. The van der Waals surface area contributed by atoms with Crippen molar-refractivity contribution >= 4 is 23.0 Å². The van der Waals surface area contributed by atoms with Gasteiger partial charge < -0.3 is 15.4 Å². The van der Waals surface area contributed by atoms with E-state index in [1.54, 1.807) is 0 Å². The Morgan fingerprint density at radius 1 is 1.08 bits per heavy atom. The molecule has 2 N–H and O–H groups in total. The number of fused-ring (bicyclic) bond motifs is 1. The van der Waals surface area contributed by atoms with Gasteiger partial charge in [0.1, 0.15) is 11.4 Å². The first-order chi connectivity index (χ1) is 11.7. The lowest BCUT2D eigenvalue weighted by Gasteiger charge is -2.38. The molecular weight excluding hydrogens is 328 g/mol. The minimum Gasteiger partial charge on any atom is -0.487 e. The van der Waals surface area contributed by atoms with E-state index >= 15 is 0 Å². The topological polar surface area (TPSA) is 33.3 Å². The van der Waals surface area contributed by atoms with Gasteiger partial charge in [-0.3, -0.25) is 0 Å². The fourth-order valence-corrected chi connectivity index (χ4v) is 3.53. The third-order valence-electron chi connectivity index (χ3n) is 4.57. The Bertz CT molecular complexity index is 814. The van der Waals surface area contributed by atoms with Gasteiger partial charge in [-0.2, -0.15) is 0 Å². The van der Waals surface area contributed by atoms with E-state index in [1.807, 2.05) is 0 Å². The number of benzene rings is 2. The number of thiocarbonyl (C=S) groups is 1. The van der Waals surface area contributed by atoms with Crippen molar-refractivity contribution in [2.24, 2.45) is 0 Å². The summed E-state index contributed by atoms with van der Waals surface area (Å²) in [5.41, 5.74) is 5.57. The van der Waals surface area contributed by atoms with Crippen LogP contribution in [0.4, 0.5) is 5.69 Å². The molecule has 0 saturated carbocycles. The van der Waals surface area contributed by atoms with E-state index in [0.29, 0.717) is 5.11 Å². The molecule has 3 nitrogen and oxygen atoms in total. The maximum absolute atomic E-state index is 6.16. The van der Waals surface area contributed by atoms with Gasteiger partial charge in [-0.25, -0.2) is 0 Å². The lowest BCUT2D eigenvalue weighted by molar-refractivity contribution is 0.0696. The fourth-order valence-electron chi connectivity index (χ4n) is 3.27. The number of anilines is 1. The number of ether oxygens (including phenoxy) is 1. The van der Waals surface area contributed by atoms with Crippen molar-refractivity contribution in [2.75, 3.05) is 5.32 Å². The standard InChI is InChI=1S/C21H26N2OS/c1-13-6-8-15(3)17(10-13)22-20(25)23-18-12-21(4,5)24-19-11-14(2)7-9-16(18)19/h6-11,18H,12H2,1-5H3,(H2,22,23,25)/t18-/m0/s1. The highest BCUT2D eigenvalue weighted by molar-refractivity contribution is 7.80. The molecular formula is C21H26N2OS. The van der Waals surface area contributed by atoms with Crippen LogP contribution in [0.25, 0.3) is 0 Å². The molecule has 2 aromatic carbocycles. The molecule has 1 aliphatic heterocycles. The molecule has 0 spiro atoms. The summed E-state index contributed by atoms with van der Waals surface area (Å²) in [6.45, 7) is 10.5. The summed E-state index contributed by atoms with van der Waals surface area (Å²) in [6, 6.07) is 12.8. The fraction of sp³-hybridized carbons (Fsp3) is 0.381. The Morgan fingerprint density at radius 2 is 1.76 bits per heavy atom. The molecule has 0 aliphatic carbocycles. The van der Waals surface area contributed by atoms with Crippen LogP contribution in [0.5, 0.6) is 5.75 Å². The van der Waals surface area contributed by atoms with Gasteiger partial charge in [0, 0.05) is 17.7 Å². The van der Waals surface area contributed by atoms with Gasteiger partial charge in [-0.15, -0.1) is 0 Å². The molecule has 1 aliphatic rings. The molecule has 0 saturated heterocycles. The van der Waals surface area contributed by atoms with Crippen molar-refractivity contribution < 1.29 is 4.74 Å². The van der Waals surface area contributed by atoms with Crippen LogP contribution in [0.1, 0.15) is 48.6 Å². The zero-order valence-corrected chi connectivity index (χ0v) is 16.4. The summed E-state index contributed by atoms with van der Waals surface area (Å²) in [5, 5.41) is 7.47. The summed E-state index contributed by atoms with van der Waals surface area (Å²) < 4.78 is 6.16. The van der Waals surface area contributed by atoms with Crippen molar-refractivity contribution in [1.82, 2.24) is 5.32 Å². The summed E-state index contributed by atoms with van der Waals surface area (Å²) in [4.78, 5) is 0. The number of rotatable bonds is 2. The highest BCUT2D eigenvalue weighted by atomic mass is 32.1. The van der Waals surface area contributed by atoms with E-state index in [-0.39, 0.29) is 11.6 Å². The Labute approximate surface area is 155 Å². The predicted molar refractivity (Wildman–Crippen MR) is 109 cm³/mol. The maximum Gasteiger partial charge on any atom is 0.171 e. The third kappa shape index (κ3) is 4.13. The lowest BCUT2D eigenvalue weighted by atomic mass is 9.89. The minimum atomic E-state index is -0.229. The molecule has 1 atom stereocenters. The molecule has 0 amide bonds. The smallest absolute Gasteiger partial charge is 0.171 e. The molecule has 0 radical (unpaired) electrons. The van der Waals surface area contributed by atoms with E-state index in [0.717, 1.165) is 23.4 Å². The van der Waals surface area contributed by atoms with E-state index < -0.39 is 0 Å². The lowest BCUT2D eigenvalue weighted by Crippen LogP contribution is -2.42. The second-order valence-corrected chi connectivity index (χ2v) is 7.98. The van der Waals surface area contributed by atoms with Crippen LogP contribution < -0.4 is 15.4 Å². The molecule has 3 rings (SSSR count). The Balaban J connectivity index is 1.80. The molecule has 1 heterocycles. The van der Waals surface area contributed by atoms with Gasteiger partial charge in [0.25, 0.3) is 0 Å². The molecule has 0 bridgehead atoms. The van der Waals surface area contributed by atoms with Crippen LogP contribution in [0.15, 0.2) is 36.4 Å². The van der Waals surface area contributed by atoms with Crippen molar-refractivity contribution in [3.05, 3.63) is 58.7 Å². The largest absolute Gasteiger partial charge is 0.487 e. The zero-order chi connectivity index (χ0) is 18.2. The Morgan fingerprint density at radius 3 is 2.52 bits per heavy atom. The molecule has 132 valence electrons. The van der Waals surface area contributed by atoms with Crippen LogP contribution >= 0.6 is 12.2 Å². The Kier molecular flexibility index (Phi) is 4.74. The molecule has 25 heavy (non-hydrogen) atoms. The van der Waals surface area contributed by atoms with Gasteiger partial charge >= 0.3 is 0 Å². The second kappa shape index (κ2) is 6.68. The quantitative estimate of drug-likeness (QED) is 0.726. The maximum atomic E-state index is 6.16. The van der Waals surface area contributed by atoms with E-state index in [2.05, 4.69) is 81.7 Å². The van der Waals surface area contributed by atoms with Gasteiger partial charge in [0.2, 0.25) is 0 Å². The predicted octanol–water partition coefficient (Wildman–Crippen LogP) is 5.20. The van der Waals surface area contributed by atoms with Crippen LogP contribution in [0.2, 0.25) is 0 Å². The molecule has 4 heteroatoms.